The molecule has 0 radical (unpaired) electrons. The van der Waals surface area contributed by atoms with Gasteiger partial charge < -0.3 is 4.74 Å². The minimum Gasteiger partial charge on any atom is -0.319 e. The third-order valence-electron chi connectivity index (χ3n) is 4.06. The second kappa shape index (κ2) is 6.55. The Balaban J connectivity index is 2.05. The molecule has 0 saturated carbocycles. The summed E-state index contributed by atoms with van der Waals surface area (Å²) in [5.74, 6) is -14.3. The Labute approximate surface area is 146 Å². The normalized spacial score (nSPS) is 19.2. The van der Waals surface area contributed by atoms with Gasteiger partial charge in [0, 0.05) is 11.1 Å². The number of rotatable bonds is 2. The average Bonchev–Trinajstić information content (AvgIpc) is 3.11. The Kier molecular flexibility index (Phi) is 4.66. The van der Waals surface area contributed by atoms with E-state index in [1.807, 2.05) is 0 Å². The SMILES string of the molecule is Cc1c(F)c(F)c(C2N=NC(c3c(F)c(F)c(C)c(F)c3F)O2)c(F)c1F. The summed E-state index contributed by atoms with van der Waals surface area (Å²) < 4.78 is 115. The zero-order valence-corrected chi connectivity index (χ0v) is 13.5. The van der Waals surface area contributed by atoms with Crippen LogP contribution in [0.3, 0.4) is 0 Å². The van der Waals surface area contributed by atoms with Crippen molar-refractivity contribution in [3.8, 4) is 0 Å². The second-order valence-electron chi connectivity index (χ2n) is 5.66. The molecular weight excluding hydrogens is 388 g/mol. The number of nitrogens with zero attached hydrogens (tertiary/aromatic N) is 2. The zero-order chi connectivity index (χ0) is 20.2. The van der Waals surface area contributed by atoms with Crippen LogP contribution in [0.5, 0.6) is 0 Å². The van der Waals surface area contributed by atoms with Gasteiger partial charge in [-0.15, -0.1) is 0 Å². The van der Waals surface area contributed by atoms with Crippen LogP contribution in [0.2, 0.25) is 0 Å². The lowest BCUT2D eigenvalue weighted by atomic mass is 10.1. The topological polar surface area (TPSA) is 34.0 Å². The molecule has 3 rings (SSSR count). The zero-order valence-electron chi connectivity index (χ0n) is 13.5. The lowest BCUT2D eigenvalue weighted by molar-refractivity contribution is 0.0233. The van der Waals surface area contributed by atoms with Gasteiger partial charge in [-0.3, -0.25) is 0 Å². The summed E-state index contributed by atoms with van der Waals surface area (Å²) in [4.78, 5) is 0. The molecule has 2 atom stereocenters. The molecule has 2 aromatic rings. The standard InChI is InChI=1S/C16H8F8N2O/c1-3-7(17)11(21)5(12(22)8(3)18)15-25-26-16(27-15)6-13(23)9(19)4(2)10(20)14(6)24/h15-16H,1-2H3. The first-order chi connectivity index (χ1) is 12.6. The fraction of sp³-hybridized carbons (Fsp3) is 0.250. The molecule has 1 heterocycles. The summed E-state index contributed by atoms with van der Waals surface area (Å²) in [5, 5.41) is 6.34. The van der Waals surface area contributed by atoms with Gasteiger partial charge in [-0.1, -0.05) is 0 Å². The summed E-state index contributed by atoms with van der Waals surface area (Å²) >= 11 is 0. The minimum absolute atomic E-state index is 0.781. The maximum absolute atomic E-state index is 14.0. The lowest BCUT2D eigenvalue weighted by Crippen LogP contribution is -2.13. The molecule has 0 aliphatic carbocycles. The van der Waals surface area contributed by atoms with Crippen LogP contribution in [-0.4, -0.2) is 0 Å². The van der Waals surface area contributed by atoms with Crippen LogP contribution in [0.15, 0.2) is 10.2 Å². The summed E-state index contributed by atoms with van der Waals surface area (Å²) in [6.07, 6.45) is -4.27. The van der Waals surface area contributed by atoms with Gasteiger partial charge in [0.2, 0.25) is 12.5 Å². The van der Waals surface area contributed by atoms with Gasteiger partial charge in [0.25, 0.3) is 0 Å². The van der Waals surface area contributed by atoms with Gasteiger partial charge in [-0.05, 0) is 13.8 Å². The van der Waals surface area contributed by atoms with Gasteiger partial charge in [-0.25, -0.2) is 35.1 Å². The monoisotopic (exact) mass is 396 g/mol. The number of ether oxygens (including phenoxy) is 1. The molecule has 0 saturated heterocycles. The van der Waals surface area contributed by atoms with Crippen molar-refractivity contribution in [3.05, 3.63) is 68.8 Å². The van der Waals surface area contributed by atoms with E-state index in [9.17, 15) is 35.1 Å². The molecule has 2 aromatic carbocycles. The van der Waals surface area contributed by atoms with E-state index in [4.69, 9.17) is 4.74 Å². The average molecular weight is 396 g/mol. The molecule has 0 N–H and O–H groups in total. The second-order valence-corrected chi connectivity index (χ2v) is 5.66. The smallest absolute Gasteiger partial charge is 0.203 e. The fourth-order valence-electron chi connectivity index (χ4n) is 2.50. The molecule has 0 amide bonds. The molecule has 0 fully saturated rings. The first-order valence-electron chi connectivity index (χ1n) is 7.28. The van der Waals surface area contributed by atoms with Crippen LogP contribution >= 0.6 is 0 Å². The fourth-order valence-corrected chi connectivity index (χ4v) is 2.50. The highest BCUT2D eigenvalue weighted by Gasteiger charge is 2.38. The molecule has 27 heavy (non-hydrogen) atoms. The molecule has 0 spiro atoms. The van der Waals surface area contributed by atoms with Crippen LogP contribution in [0.25, 0.3) is 0 Å². The van der Waals surface area contributed by atoms with E-state index in [1.54, 1.807) is 0 Å². The molecule has 1 aliphatic heterocycles. The van der Waals surface area contributed by atoms with Gasteiger partial charge in [0.05, 0.1) is 11.1 Å². The summed E-state index contributed by atoms with van der Waals surface area (Å²) in [5.41, 5.74) is -4.56. The van der Waals surface area contributed by atoms with E-state index in [1.165, 1.54) is 0 Å². The van der Waals surface area contributed by atoms with E-state index in [0.717, 1.165) is 13.8 Å². The predicted molar refractivity (Wildman–Crippen MR) is 73.4 cm³/mol. The van der Waals surface area contributed by atoms with E-state index in [-0.39, 0.29) is 0 Å². The highest BCUT2D eigenvalue weighted by Crippen LogP contribution is 2.41. The molecule has 1 aliphatic rings. The van der Waals surface area contributed by atoms with Crippen LogP contribution < -0.4 is 0 Å². The van der Waals surface area contributed by atoms with Crippen molar-refractivity contribution in [1.82, 2.24) is 0 Å². The van der Waals surface area contributed by atoms with Crippen LogP contribution in [-0.2, 0) is 4.74 Å². The third kappa shape index (κ3) is 2.76. The number of hydrogen-bond donors (Lipinski definition) is 0. The Morgan fingerprint density at radius 2 is 0.778 bits per heavy atom. The largest absolute Gasteiger partial charge is 0.319 e. The lowest BCUT2D eigenvalue weighted by Gasteiger charge is -2.16. The van der Waals surface area contributed by atoms with E-state index < -0.39 is 81.2 Å². The summed E-state index contributed by atoms with van der Waals surface area (Å²) in [7, 11) is 0. The quantitative estimate of drug-likeness (QED) is 0.481. The van der Waals surface area contributed by atoms with Gasteiger partial charge in [0.1, 0.15) is 0 Å². The number of azo groups is 1. The van der Waals surface area contributed by atoms with E-state index in [2.05, 4.69) is 10.2 Å². The maximum Gasteiger partial charge on any atom is 0.203 e. The van der Waals surface area contributed by atoms with Crippen LogP contribution in [0.4, 0.5) is 35.1 Å². The highest BCUT2D eigenvalue weighted by molar-refractivity contribution is 5.33. The van der Waals surface area contributed by atoms with Crippen molar-refractivity contribution in [2.45, 2.75) is 26.3 Å². The van der Waals surface area contributed by atoms with Crippen molar-refractivity contribution in [2.75, 3.05) is 0 Å². The van der Waals surface area contributed by atoms with Gasteiger partial charge in [-0.2, -0.15) is 10.2 Å². The highest BCUT2D eigenvalue weighted by atomic mass is 19.2. The Morgan fingerprint density at radius 1 is 0.519 bits per heavy atom. The van der Waals surface area contributed by atoms with Crippen LogP contribution in [0.1, 0.15) is 34.7 Å². The molecule has 0 aromatic heterocycles. The number of halogens is 8. The van der Waals surface area contributed by atoms with Crippen molar-refractivity contribution >= 4 is 0 Å². The number of benzene rings is 2. The molecule has 11 heteroatoms. The molecule has 2 unspecified atom stereocenters. The van der Waals surface area contributed by atoms with Crippen molar-refractivity contribution < 1.29 is 39.9 Å². The summed E-state index contributed by atoms with van der Waals surface area (Å²) in [6, 6.07) is 0. The third-order valence-corrected chi connectivity index (χ3v) is 4.06. The van der Waals surface area contributed by atoms with Crippen LogP contribution in [0, 0.1) is 60.4 Å². The molecule has 0 bridgehead atoms. The summed E-state index contributed by atoms with van der Waals surface area (Å²) in [6.45, 7) is 1.56. The first kappa shape index (κ1) is 19.2. The van der Waals surface area contributed by atoms with Gasteiger partial charge in [0.15, 0.2) is 46.5 Å². The van der Waals surface area contributed by atoms with Crippen molar-refractivity contribution in [3.63, 3.8) is 0 Å². The number of hydrogen-bond acceptors (Lipinski definition) is 3. The Morgan fingerprint density at radius 3 is 1.04 bits per heavy atom. The van der Waals surface area contributed by atoms with Crippen molar-refractivity contribution in [1.29, 1.82) is 0 Å². The first-order valence-corrected chi connectivity index (χ1v) is 7.28. The van der Waals surface area contributed by atoms with Crippen molar-refractivity contribution in [2.24, 2.45) is 10.2 Å². The Hall–Kier alpha value is -2.56. The minimum atomic E-state index is -2.13. The predicted octanol–water partition coefficient (Wildman–Crippen LogP) is 5.60. The van der Waals surface area contributed by atoms with E-state index >= 15 is 0 Å². The molecular formula is C16H8F8N2O. The maximum atomic E-state index is 14.0. The Bertz CT molecular complexity index is 856. The van der Waals surface area contributed by atoms with E-state index in [0.29, 0.717) is 0 Å². The molecule has 3 nitrogen and oxygen atoms in total. The van der Waals surface area contributed by atoms with Gasteiger partial charge >= 0.3 is 0 Å². The molecule has 144 valence electrons.